The highest BCUT2D eigenvalue weighted by atomic mass is 19.1. The summed E-state index contributed by atoms with van der Waals surface area (Å²) in [5.41, 5.74) is 0.503. The molecule has 2 saturated carbocycles. The predicted octanol–water partition coefficient (Wildman–Crippen LogP) is 4.82. The molecule has 1 aromatic carbocycles. The Balaban J connectivity index is 1.52. The van der Waals surface area contributed by atoms with Crippen molar-refractivity contribution in [2.45, 2.75) is 32.6 Å². The predicted molar refractivity (Wildman–Crippen MR) is 85.9 cm³/mol. The van der Waals surface area contributed by atoms with E-state index >= 15 is 0 Å². The minimum Gasteiger partial charge on any atom is -0.489 e. The van der Waals surface area contributed by atoms with Gasteiger partial charge in [-0.25, -0.2) is 4.39 Å². The Morgan fingerprint density at radius 1 is 0.955 bits per heavy atom. The molecule has 0 unspecified atom stereocenters. The molecule has 2 nitrogen and oxygen atoms in total. The average molecular weight is 302 g/mol. The molecule has 0 atom stereocenters. The van der Waals surface area contributed by atoms with E-state index in [4.69, 9.17) is 9.47 Å². The Morgan fingerprint density at radius 3 is 2.00 bits per heavy atom. The average Bonchev–Trinajstić information content (AvgIpc) is 3.40. The number of hydrogen-bond donors (Lipinski definition) is 0. The second-order valence-corrected chi connectivity index (χ2v) is 6.15. The van der Waals surface area contributed by atoms with E-state index in [9.17, 15) is 4.39 Å². The van der Waals surface area contributed by atoms with E-state index in [-0.39, 0.29) is 5.82 Å². The third kappa shape index (κ3) is 4.36. The number of halogens is 1. The zero-order valence-corrected chi connectivity index (χ0v) is 13.1. The van der Waals surface area contributed by atoms with Crippen molar-refractivity contribution in [1.82, 2.24) is 0 Å². The van der Waals surface area contributed by atoms with Crippen LogP contribution in [0, 0.1) is 24.6 Å². The molecule has 118 valence electrons. The van der Waals surface area contributed by atoms with Crippen molar-refractivity contribution in [2.75, 3.05) is 13.2 Å². The van der Waals surface area contributed by atoms with Crippen LogP contribution < -0.4 is 9.47 Å². The summed E-state index contributed by atoms with van der Waals surface area (Å²) in [6.45, 7) is 2.63. The van der Waals surface area contributed by atoms with Gasteiger partial charge in [-0.3, -0.25) is 0 Å². The quantitative estimate of drug-likeness (QED) is 0.641. The van der Waals surface area contributed by atoms with Gasteiger partial charge in [0, 0.05) is 5.56 Å². The van der Waals surface area contributed by atoms with Crippen LogP contribution in [0.2, 0.25) is 0 Å². The minimum atomic E-state index is -0.330. The van der Waals surface area contributed by atoms with Gasteiger partial charge in [0.2, 0.25) is 0 Å². The Labute approximate surface area is 131 Å². The molecule has 22 heavy (non-hydrogen) atoms. The smallest absolute Gasteiger partial charge is 0.171 e. The van der Waals surface area contributed by atoms with Crippen molar-refractivity contribution in [3.8, 4) is 11.5 Å². The Kier molecular flexibility index (Phi) is 4.81. The summed E-state index contributed by atoms with van der Waals surface area (Å²) in [4.78, 5) is 0. The number of hydrogen-bond acceptors (Lipinski definition) is 2. The Hall–Kier alpha value is -1.77. The third-order valence-corrected chi connectivity index (χ3v) is 4.03. The molecule has 3 rings (SSSR count). The SMILES string of the molecule is Cc1c(OC/C=C/C2CC2)ccc(OC/C=C/C2CC2)c1F. The minimum absolute atomic E-state index is 0.291. The standard InChI is InChI=1S/C19H23FO2/c1-14-17(21-12-2-4-15-6-7-15)10-11-18(19(14)20)22-13-3-5-16-8-9-16/h2-5,10-11,15-16H,6-9,12-13H2,1H3/b4-2+,5-3+. The first kappa shape index (κ1) is 15.1. The molecule has 0 aliphatic heterocycles. The highest BCUT2D eigenvalue weighted by Gasteiger charge is 2.17. The Bertz CT molecular complexity index is 518. The molecule has 0 aromatic heterocycles. The van der Waals surface area contributed by atoms with Crippen LogP contribution in [0.5, 0.6) is 11.5 Å². The molecule has 0 saturated heterocycles. The lowest BCUT2D eigenvalue weighted by Crippen LogP contribution is -2.01. The van der Waals surface area contributed by atoms with Gasteiger partial charge in [0.15, 0.2) is 11.6 Å². The van der Waals surface area contributed by atoms with E-state index in [2.05, 4.69) is 12.2 Å². The molecule has 0 amide bonds. The zero-order valence-electron chi connectivity index (χ0n) is 13.1. The molecule has 1 aromatic rings. The van der Waals surface area contributed by atoms with Crippen molar-refractivity contribution in [3.05, 3.63) is 47.8 Å². The van der Waals surface area contributed by atoms with Gasteiger partial charge in [-0.05, 0) is 56.6 Å². The molecule has 3 heteroatoms. The van der Waals surface area contributed by atoms with E-state index in [0.717, 1.165) is 11.8 Å². The first-order chi connectivity index (χ1) is 10.7. The van der Waals surface area contributed by atoms with Crippen molar-refractivity contribution in [3.63, 3.8) is 0 Å². The third-order valence-electron chi connectivity index (χ3n) is 4.03. The number of allylic oxidation sites excluding steroid dienone is 2. The number of ether oxygens (including phenoxy) is 2. The summed E-state index contributed by atoms with van der Waals surface area (Å²) in [6.07, 6.45) is 13.4. The van der Waals surface area contributed by atoms with Crippen LogP contribution in [0.4, 0.5) is 4.39 Å². The van der Waals surface area contributed by atoms with Crippen LogP contribution in [0.3, 0.4) is 0 Å². The normalized spacial score (nSPS) is 18.3. The van der Waals surface area contributed by atoms with Crippen LogP contribution >= 0.6 is 0 Å². The fraction of sp³-hybridized carbons (Fsp3) is 0.474. The van der Waals surface area contributed by atoms with Crippen molar-refractivity contribution in [1.29, 1.82) is 0 Å². The largest absolute Gasteiger partial charge is 0.489 e. The van der Waals surface area contributed by atoms with Gasteiger partial charge in [0.05, 0.1) is 0 Å². The maximum atomic E-state index is 14.3. The van der Waals surface area contributed by atoms with Crippen LogP contribution in [0.25, 0.3) is 0 Å². The van der Waals surface area contributed by atoms with Crippen LogP contribution in [-0.2, 0) is 0 Å². The van der Waals surface area contributed by atoms with Gasteiger partial charge in [-0.2, -0.15) is 0 Å². The lowest BCUT2D eigenvalue weighted by molar-refractivity contribution is 0.330. The van der Waals surface area contributed by atoms with E-state index in [0.29, 0.717) is 30.3 Å². The lowest BCUT2D eigenvalue weighted by Gasteiger charge is -2.11. The second-order valence-electron chi connectivity index (χ2n) is 6.15. The molecule has 0 N–H and O–H groups in total. The van der Waals surface area contributed by atoms with Gasteiger partial charge in [0.1, 0.15) is 19.0 Å². The topological polar surface area (TPSA) is 18.5 Å². The molecular weight excluding hydrogens is 279 g/mol. The molecule has 0 spiro atoms. The molecule has 2 aliphatic rings. The summed E-state index contributed by atoms with van der Waals surface area (Å²) in [5, 5.41) is 0. The monoisotopic (exact) mass is 302 g/mol. The van der Waals surface area contributed by atoms with Gasteiger partial charge >= 0.3 is 0 Å². The summed E-state index contributed by atoms with van der Waals surface area (Å²) < 4.78 is 25.4. The molecular formula is C19H23FO2. The summed E-state index contributed by atoms with van der Waals surface area (Å²) in [7, 11) is 0. The first-order valence-electron chi connectivity index (χ1n) is 8.12. The number of rotatable bonds is 8. The highest BCUT2D eigenvalue weighted by Crippen LogP contribution is 2.31. The van der Waals surface area contributed by atoms with Gasteiger partial charge < -0.3 is 9.47 Å². The van der Waals surface area contributed by atoms with Gasteiger partial charge in [0.25, 0.3) is 0 Å². The van der Waals surface area contributed by atoms with Crippen molar-refractivity contribution >= 4 is 0 Å². The maximum Gasteiger partial charge on any atom is 0.171 e. The second kappa shape index (κ2) is 6.99. The van der Waals surface area contributed by atoms with Crippen molar-refractivity contribution in [2.24, 2.45) is 11.8 Å². The van der Waals surface area contributed by atoms with Crippen LogP contribution in [0.1, 0.15) is 31.2 Å². The molecule has 0 bridgehead atoms. The van der Waals surface area contributed by atoms with E-state index in [1.54, 1.807) is 19.1 Å². The molecule has 2 fully saturated rings. The van der Waals surface area contributed by atoms with Crippen LogP contribution in [0.15, 0.2) is 36.4 Å². The lowest BCUT2D eigenvalue weighted by atomic mass is 10.2. The summed E-state index contributed by atoms with van der Waals surface area (Å²) in [5.74, 6) is 2.00. The molecule has 0 heterocycles. The van der Waals surface area contributed by atoms with Crippen molar-refractivity contribution < 1.29 is 13.9 Å². The van der Waals surface area contributed by atoms with E-state index < -0.39 is 0 Å². The van der Waals surface area contributed by atoms with E-state index in [1.165, 1.54) is 25.7 Å². The maximum absolute atomic E-state index is 14.3. The highest BCUT2D eigenvalue weighted by molar-refractivity contribution is 5.41. The number of benzene rings is 1. The Morgan fingerprint density at radius 2 is 1.45 bits per heavy atom. The summed E-state index contributed by atoms with van der Waals surface area (Å²) in [6, 6.07) is 3.43. The first-order valence-corrected chi connectivity index (χ1v) is 8.12. The summed E-state index contributed by atoms with van der Waals surface area (Å²) >= 11 is 0. The molecule has 2 aliphatic carbocycles. The van der Waals surface area contributed by atoms with E-state index in [1.807, 2.05) is 12.2 Å². The van der Waals surface area contributed by atoms with Crippen LogP contribution in [-0.4, -0.2) is 13.2 Å². The van der Waals surface area contributed by atoms with Gasteiger partial charge in [-0.15, -0.1) is 0 Å². The zero-order chi connectivity index (χ0) is 15.4. The molecule has 0 radical (unpaired) electrons. The van der Waals surface area contributed by atoms with Gasteiger partial charge in [-0.1, -0.05) is 24.3 Å². The fourth-order valence-electron chi connectivity index (χ4n) is 2.26. The fourth-order valence-corrected chi connectivity index (χ4v) is 2.26.